The van der Waals surface area contributed by atoms with Crippen molar-refractivity contribution in [1.82, 2.24) is 0 Å². The number of aryl methyl sites for hydroxylation is 2. The largest absolute Gasteiger partial charge is 0.294 e. The van der Waals surface area contributed by atoms with Crippen LogP contribution in [0, 0.1) is 20.8 Å². The Morgan fingerprint density at radius 2 is 1.42 bits per heavy atom. The molecule has 0 aliphatic carbocycles. The average molecular weight is 278 g/mol. The molecule has 19 heavy (non-hydrogen) atoms. The molecule has 3 nitrogen and oxygen atoms in total. The molecule has 0 aliphatic heterocycles. The molecule has 102 valence electrons. The summed E-state index contributed by atoms with van der Waals surface area (Å²) in [6.45, 7) is 5.54. The minimum absolute atomic E-state index is 0.0116. The van der Waals surface area contributed by atoms with Crippen molar-refractivity contribution in [3.8, 4) is 0 Å². The highest BCUT2D eigenvalue weighted by Gasteiger charge is 2.12. The fraction of sp³-hybridized carbons (Fsp3) is 0.200. The third kappa shape index (κ3) is 4.85. The van der Waals surface area contributed by atoms with Crippen molar-refractivity contribution >= 4 is 10.1 Å². The van der Waals surface area contributed by atoms with Gasteiger partial charge in [0.25, 0.3) is 10.1 Å². The van der Waals surface area contributed by atoms with Gasteiger partial charge in [0.05, 0.1) is 4.90 Å². The Kier molecular flexibility index (Phi) is 5.27. The molecule has 0 amide bonds. The molecule has 4 heteroatoms. The van der Waals surface area contributed by atoms with Crippen molar-refractivity contribution in [1.29, 1.82) is 0 Å². The van der Waals surface area contributed by atoms with Crippen LogP contribution in [0.2, 0.25) is 0 Å². The van der Waals surface area contributed by atoms with E-state index < -0.39 is 10.1 Å². The van der Waals surface area contributed by atoms with E-state index in [1.54, 1.807) is 26.0 Å². The van der Waals surface area contributed by atoms with Crippen molar-refractivity contribution in [3.63, 3.8) is 0 Å². The zero-order chi connectivity index (χ0) is 14.5. The molecule has 1 N–H and O–H groups in total. The lowest BCUT2D eigenvalue weighted by molar-refractivity contribution is 0.482. The van der Waals surface area contributed by atoms with E-state index in [0.717, 1.165) is 5.56 Å². The third-order valence-corrected chi connectivity index (χ3v) is 3.77. The van der Waals surface area contributed by atoms with Gasteiger partial charge in [0.15, 0.2) is 0 Å². The number of hydrogen-bond donors (Lipinski definition) is 1. The first-order valence-corrected chi connectivity index (χ1v) is 7.31. The van der Waals surface area contributed by atoms with Gasteiger partial charge in [-0.3, -0.25) is 4.55 Å². The Balaban J connectivity index is 0.000000218. The Hall–Kier alpha value is -1.65. The highest BCUT2D eigenvalue weighted by molar-refractivity contribution is 7.85. The molecular formula is C15H18O3S. The lowest BCUT2D eigenvalue weighted by Gasteiger charge is -2.03. The van der Waals surface area contributed by atoms with Crippen LogP contribution in [0.4, 0.5) is 0 Å². The molecule has 2 aromatic carbocycles. The van der Waals surface area contributed by atoms with Crippen LogP contribution in [0.3, 0.4) is 0 Å². The zero-order valence-corrected chi connectivity index (χ0v) is 12.1. The summed E-state index contributed by atoms with van der Waals surface area (Å²) in [5.41, 5.74) is 2.77. The van der Waals surface area contributed by atoms with Gasteiger partial charge >= 0.3 is 0 Å². The van der Waals surface area contributed by atoms with Gasteiger partial charge in [-0.15, -0.1) is 0 Å². The molecule has 0 unspecified atom stereocenters. The second-order valence-corrected chi connectivity index (χ2v) is 5.72. The SMILES string of the molecule is Cc1cccc(S(=O)(=O)O)c1C.Cc1ccccc1. The van der Waals surface area contributed by atoms with Crippen molar-refractivity contribution in [2.45, 2.75) is 25.7 Å². The standard InChI is InChI=1S/C8H10O3S.C7H8/c1-6-4-3-5-8(7(6)2)12(9,10)11;1-7-5-3-2-4-6-7/h3-5H,1-2H3,(H,9,10,11);2-6H,1H3. The van der Waals surface area contributed by atoms with Crippen LogP contribution in [0.5, 0.6) is 0 Å². The molecule has 0 aromatic heterocycles. The summed E-state index contributed by atoms with van der Waals surface area (Å²) in [6.07, 6.45) is 0. The molecule has 2 aromatic rings. The molecular weight excluding hydrogens is 260 g/mol. The van der Waals surface area contributed by atoms with E-state index in [-0.39, 0.29) is 4.90 Å². The minimum Gasteiger partial charge on any atom is -0.282 e. The molecule has 0 radical (unpaired) electrons. The second kappa shape index (κ2) is 6.50. The smallest absolute Gasteiger partial charge is 0.282 e. The first-order valence-electron chi connectivity index (χ1n) is 5.87. The van der Waals surface area contributed by atoms with Gasteiger partial charge in [0, 0.05) is 0 Å². The Morgan fingerprint density at radius 1 is 0.842 bits per heavy atom. The highest BCUT2D eigenvalue weighted by Crippen LogP contribution is 2.17. The van der Waals surface area contributed by atoms with E-state index in [1.807, 2.05) is 18.2 Å². The van der Waals surface area contributed by atoms with Crippen molar-refractivity contribution in [2.75, 3.05) is 0 Å². The summed E-state index contributed by atoms with van der Waals surface area (Å²) in [7, 11) is -4.06. The molecule has 0 saturated heterocycles. The van der Waals surface area contributed by atoms with Gasteiger partial charge in [0.1, 0.15) is 0 Å². The van der Waals surface area contributed by atoms with Gasteiger partial charge < -0.3 is 0 Å². The van der Waals surface area contributed by atoms with Gasteiger partial charge in [-0.2, -0.15) is 8.42 Å². The summed E-state index contributed by atoms with van der Waals surface area (Å²) in [5.74, 6) is 0. The second-order valence-electron chi connectivity index (χ2n) is 4.33. The number of rotatable bonds is 1. The summed E-state index contributed by atoms with van der Waals surface area (Å²) in [4.78, 5) is -0.0116. The molecule has 2 rings (SSSR count). The first kappa shape index (κ1) is 15.4. The monoisotopic (exact) mass is 278 g/mol. The van der Waals surface area contributed by atoms with Crippen molar-refractivity contribution in [3.05, 3.63) is 65.2 Å². The zero-order valence-electron chi connectivity index (χ0n) is 11.3. The maximum atomic E-state index is 10.8. The predicted octanol–water partition coefficient (Wildman–Crippen LogP) is 3.55. The van der Waals surface area contributed by atoms with Crippen LogP contribution in [0.25, 0.3) is 0 Å². The maximum absolute atomic E-state index is 10.8. The summed E-state index contributed by atoms with van der Waals surface area (Å²) >= 11 is 0. The van der Waals surface area contributed by atoms with Crippen LogP contribution in [0.15, 0.2) is 53.4 Å². The Morgan fingerprint density at radius 3 is 1.79 bits per heavy atom. The van der Waals surface area contributed by atoms with E-state index >= 15 is 0 Å². The quantitative estimate of drug-likeness (QED) is 0.812. The van der Waals surface area contributed by atoms with Crippen LogP contribution in [-0.4, -0.2) is 13.0 Å². The van der Waals surface area contributed by atoms with Crippen molar-refractivity contribution in [2.24, 2.45) is 0 Å². The predicted molar refractivity (Wildman–Crippen MR) is 76.9 cm³/mol. The molecule has 0 spiro atoms. The average Bonchev–Trinajstić information content (AvgIpc) is 2.33. The molecule has 0 saturated carbocycles. The van der Waals surface area contributed by atoms with Crippen LogP contribution in [-0.2, 0) is 10.1 Å². The molecule has 0 fully saturated rings. The highest BCUT2D eigenvalue weighted by atomic mass is 32.2. The van der Waals surface area contributed by atoms with Crippen molar-refractivity contribution < 1.29 is 13.0 Å². The van der Waals surface area contributed by atoms with E-state index in [2.05, 4.69) is 19.1 Å². The lowest BCUT2D eigenvalue weighted by atomic mass is 10.1. The molecule has 0 aliphatic rings. The van der Waals surface area contributed by atoms with Crippen LogP contribution < -0.4 is 0 Å². The summed E-state index contributed by atoms with van der Waals surface area (Å²) in [5, 5.41) is 0. The normalized spacial score (nSPS) is 10.5. The maximum Gasteiger partial charge on any atom is 0.294 e. The third-order valence-electron chi connectivity index (χ3n) is 2.77. The molecule has 0 atom stereocenters. The number of hydrogen-bond acceptors (Lipinski definition) is 2. The van der Waals surface area contributed by atoms with Gasteiger partial charge in [-0.1, -0.05) is 48.0 Å². The fourth-order valence-electron chi connectivity index (χ4n) is 1.54. The number of benzene rings is 2. The van der Waals surface area contributed by atoms with Crippen LogP contribution in [0.1, 0.15) is 16.7 Å². The van der Waals surface area contributed by atoms with Crippen LogP contribution >= 0.6 is 0 Å². The van der Waals surface area contributed by atoms with Gasteiger partial charge in [-0.25, -0.2) is 0 Å². The minimum atomic E-state index is -4.06. The fourth-order valence-corrected chi connectivity index (χ4v) is 2.34. The topological polar surface area (TPSA) is 54.4 Å². The summed E-state index contributed by atoms with van der Waals surface area (Å²) < 4.78 is 30.3. The van der Waals surface area contributed by atoms with Gasteiger partial charge in [0.2, 0.25) is 0 Å². The lowest BCUT2D eigenvalue weighted by Crippen LogP contribution is -2.01. The van der Waals surface area contributed by atoms with Gasteiger partial charge in [-0.05, 0) is 38.0 Å². The summed E-state index contributed by atoms with van der Waals surface area (Å²) in [6, 6.07) is 15.0. The molecule has 0 bridgehead atoms. The van der Waals surface area contributed by atoms with E-state index in [0.29, 0.717) is 5.56 Å². The Bertz CT molecular complexity index is 632. The molecule has 0 heterocycles. The van der Waals surface area contributed by atoms with E-state index in [4.69, 9.17) is 4.55 Å². The van der Waals surface area contributed by atoms with E-state index in [9.17, 15) is 8.42 Å². The van der Waals surface area contributed by atoms with E-state index in [1.165, 1.54) is 11.6 Å². The first-order chi connectivity index (χ1) is 8.82. The Labute approximate surface area is 114 Å².